The molecule has 0 atom stereocenters. The van der Waals surface area contributed by atoms with Gasteiger partial charge in [-0.1, -0.05) is 0 Å². The highest BCUT2D eigenvalue weighted by molar-refractivity contribution is 5.92. The quantitative estimate of drug-likeness (QED) is 0.542. The monoisotopic (exact) mass is 194 g/mol. The number of rotatable bonds is 2. The zero-order valence-electron chi connectivity index (χ0n) is 8.53. The van der Waals surface area contributed by atoms with E-state index in [1.807, 2.05) is 20.8 Å². The number of nitrogens with one attached hydrogen (secondary N) is 1. The fourth-order valence-electron chi connectivity index (χ4n) is 0.822. The predicted octanol–water partition coefficient (Wildman–Crippen LogP) is 0.938. The van der Waals surface area contributed by atoms with Gasteiger partial charge in [0.15, 0.2) is 0 Å². The summed E-state index contributed by atoms with van der Waals surface area (Å²) in [4.78, 5) is 7.91. The molecule has 0 aliphatic heterocycles. The molecule has 0 fully saturated rings. The number of amidine groups is 1. The van der Waals surface area contributed by atoms with Gasteiger partial charge in [-0.3, -0.25) is 5.41 Å². The van der Waals surface area contributed by atoms with E-state index < -0.39 is 0 Å². The summed E-state index contributed by atoms with van der Waals surface area (Å²) in [5.41, 5.74) is 5.28. The average molecular weight is 194 g/mol. The molecule has 0 saturated carbocycles. The molecule has 76 valence electrons. The summed E-state index contributed by atoms with van der Waals surface area (Å²) in [5.74, 6) is 0.335. The highest BCUT2D eigenvalue weighted by Crippen LogP contribution is 2.13. The van der Waals surface area contributed by atoms with E-state index in [1.54, 1.807) is 0 Å². The van der Waals surface area contributed by atoms with Gasteiger partial charge < -0.3 is 10.5 Å². The first kappa shape index (κ1) is 10.4. The number of hydrogen-bond donors (Lipinski definition) is 2. The Balaban J connectivity index is 2.79. The maximum absolute atomic E-state index is 7.12. The van der Waals surface area contributed by atoms with Gasteiger partial charge in [-0.2, -0.15) is 0 Å². The molecule has 0 unspecified atom stereocenters. The predicted molar refractivity (Wildman–Crippen MR) is 53.4 cm³/mol. The first-order chi connectivity index (χ1) is 6.38. The Labute approximate surface area is 82.8 Å². The van der Waals surface area contributed by atoms with Gasteiger partial charge >= 0.3 is 0 Å². The Morgan fingerprint density at radius 2 is 2.00 bits per heavy atom. The molecule has 1 heterocycles. The Morgan fingerprint density at radius 3 is 2.36 bits per heavy atom. The fraction of sp³-hybridized carbons (Fsp3) is 0.444. The molecule has 0 amide bonds. The van der Waals surface area contributed by atoms with Gasteiger partial charge in [0, 0.05) is 0 Å². The second-order valence-corrected chi connectivity index (χ2v) is 3.87. The normalized spacial score (nSPS) is 11.1. The summed E-state index contributed by atoms with van der Waals surface area (Å²) in [6, 6.07) is 0. The number of aromatic nitrogens is 2. The lowest BCUT2D eigenvalue weighted by atomic mass is 10.2. The van der Waals surface area contributed by atoms with Gasteiger partial charge in [0.1, 0.15) is 17.1 Å². The molecule has 0 radical (unpaired) electrons. The summed E-state index contributed by atoms with van der Waals surface area (Å²) in [6.45, 7) is 5.77. The van der Waals surface area contributed by atoms with Gasteiger partial charge in [-0.15, -0.1) is 0 Å². The highest BCUT2D eigenvalue weighted by atomic mass is 16.5. The van der Waals surface area contributed by atoms with Crippen molar-refractivity contribution in [1.29, 1.82) is 5.41 Å². The minimum Gasteiger partial charge on any atom is -0.471 e. The number of ether oxygens (including phenoxy) is 1. The van der Waals surface area contributed by atoms with Crippen LogP contribution >= 0.6 is 0 Å². The van der Waals surface area contributed by atoms with Crippen molar-refractivity contribution < 1.29 is 4.74 Å². The molecule has 0 spiro atoms. The van der Waals surface area contributed by atoms with Crippen LogP contribution in [-0.4, -0.2) is 21.4 Å². The van der Waals surface area contributed by atoms with Crippen LogP contribution in [0.2, 0.25) is 0 Å². The molecule has 0 bridgehead atoms. The van der Waals surface area contributed by atoms with E-state index in [9.17, 15) is 0 Å². The van der Waals surface area contributed by atoms with Crippen LogP contribution in [0.15, 0.2) is 12.4 Å². The van der Waals surface area contributed by atoms with Crippen molar-refractivity contribution in [1.82, 2.24) is 9.97 Å². The smallest absolute Gasteiger partial charge is 0.232 e. The van der Waals surface area contributed by atoms with Gasteiger partial charge in [-0.05, 0) is 20.8 Å². The van der Waals surface area contributed by atoms with Crippen LogP contribution in [0.3, 0.4) is 0 Å². The maximum Gasteiger partial charge on any atom is 0.232 e. The van der Waals surface area contributed by atoms with E-state index in [-0.39, 0.29) is 11.4 Å². The zero-order valence-corrected chi connectivity index (χ0v) is 8.53. The first-order valence-corrected chi connectivity index (χ1v) is 4.24. The lowest BCUT2D eigenvalue weighted by Crippen LogP contribution is -2.24. The van der Waals surface area contributed by atoms with Crippen molar-refractivity contribution in [3.63, 3.8) is 0 Å². The van der Waals surface area contributed by atoms with Crippen LogP contribution in [-0.2, 0) is 0 Å². The number of hydrogen-bond acceptors (Lipinski definition) is 4. The summed E-state index contributed by atoms with van der Waals surface area (Å²) in [7, 11) is 0. The van der Waals surface area contributed by atoms with Gasteiger partial charge in [0.25, 0.3) is 0 Å². The summed E-state index contributed by atoms with van der Waals surface area (Å²) >= 11 is 0. The molecule has 0 aliphatic carbocycles. The Morgan fingerprint density at radius 1 is 1.36 bits per heavy atom. The number of nitrogen functional groups attached to an aromatic ring is 1. The SMILES string of the molecule is CC(C)(C)Oc1cnc(C(=N)N)cn1. The molecule has 0 aliphatic rings. The molecule has 5 nitrogen and oxygen atoms in total. The van der Waals surface area contributed by atoms with Crippen molar-refractivity contribution >= 4 is 5.84 Å². The fourth-order valence-corrected chi connectivity index (χ4v) is 0.822. The van der Waals surface area contributed by atoms with Crippen molar-refractivity contribution in [3.8, 4) is 5.88 Å². The lowest BCUT2D eigenvalue weighted by Gasteiger charge is -2.19. The first-order valence-electron chi connectivity index (χ1n) is 4.24. The number of nitrogens with two attached hydrogens (primary N) is 1. The van der Waals surface area contributed by atoms with E-state index in [0.717, 1.165) is 0 Å². The van der Waals surface area contributed by atoms with Crippen LogP contribution in [0.4, 0.5) is 0 Å². The molecule has 0 saturated heterocycles. The Kier molecular flexibility index (Phi) is 2.69. The topological polar surface area (TPSA) is 84.9 Å². The maximum atomic E-state index is 7.12. The molecule has 0 aromatic carbocycles. The third-order valence-electron chi connectivity index (χ3n) is 1.31. The third kappa shape index (κ3) is 3.01. The van der Waals surface area contributed by atoms with E-state index in [2.05, 4.69) is 9.97 Å². The van der Waals surface area contributed by atoms with E-state index in [4.69, 9.17) is 15.9 Å². The van der Waals surface area contributed by atoms with Crippen molar-refractivity contribution in [3.05, 3.63) is 18.1 Å². The van der Waals surface area contributed by atoms with Crippen LogP contribution in [0, 0.1) is 5.41 Å². The van der Waals surface area contributed by atoms with Gasteiger partial charge in [0.2, 0.25) is 5.88 Å². The Hall–Kier alpha value is -1.65. The average Bonchev–Trinajstić information content (AvgIpc) is 2.02. The van der Waals surface area contributed by atoms with E-state index in [1.165, 1.54) is 12.4 Å². The van der Waals surface area contributed by atoms with Crippen LogP contribution < -0.4 is 10.5 Å². The minimum absolute atomic E-state index is 0.0974. The van der Waals surface area contributed by atoms with Crippen molar-refractivity contribution in [2.75, 3.05) is 0 Å². The van der Waals surface area contributed by atoms with E-state index >= 15 is 0 Å². The van der Waals surface area contributed by atoms with Crippen LogP contribution in [0.1, 0.15) is 26.5 Å². The largest absolute Gasteiger partial charge is 0.471 e. The summed E-state index contributed by atoms with van der Waals surface area (Å²) < 4.78 is 5.45. The van der Waals surface area contributed by atoms with E-state index in [0.29, 0.717) is 11.6 Å². The Bertz CT molecular complexity index is 326. The second-order valence-electron chi connectivity index (χ2n) is 3.87. The van der Waals surface area contributed by atoms with Crippen molar-refractivity contribution in [2.24, 2.45) is 5.73 Å². The van der Waals surface area contributed by atoms with Crippen molar-refractivity contribution in [2.45, 2.75) is 26.4 Å². The standard InChI is InChI=1S/C9H14N4O/c1-9(2,3)14-7-5-12-6(4-13-7)8(10)11/h4-5H,1-3H3,(H3,10,11). The highest BCUT2D eigenvalue weighted by Gasteiger charge is 2.12. The molecule has 14 heavy (non-hydrogen) atoms. The molecular formula is C9H14N4O. The number of nitrogens with zero attached hydrogens (tertiary/aromatic N) is 2. The summed E-state index contributed by atoms with van der Waals surface area (Å²) in [6.07, 6.45) is 2.88. The molecular weight excluding hydrogens is 180 g/mol. The molecule has 5 heteroatoms. The van der Waals surface area contributed by atoms with Gasteiger partial charge in [-0.25, -0.2) is 9.97 Å². The third-order valence-corrected chi connectivity index (χ3v) is 1.31. The molecule has 1 rings (SSSR count). The minimum atomic E-state index is -0.299. The molecule has 1 aromatic heterocycles. The van der Waals surface area contributed by atoms with Crippen LogP contribution in [0.5, 0.6) is 5.88 Å². The lowest BCUT2D eigenvalue weighted by molar-refractivity contribution is 0.123. The van der Waals surface area contributed by atoms with Crippen LogP contribution in [0.25, 0.3) is 0 Å². The van der Waals surface area contributed by atoms with Gasteiger partial charge in [0.05, 0.1) is 12.4 Å². The second kappa shape index (κ2) is 3.61. The zero-order chi connectivity index (χ0) is 10.8. The molecule has 1 aromatic rings. The molecule has 3 N–H and O–H groups in total. The summed E-state index contributed by atoms with van der Waals surface area (Å²) in [5, 5.41) is 7.12.